The lowest BCUT2D eigenvalue weighted by atomic mass is 9.86. The summed E-state index contributed by atoms with van der Waals surface area (Å²) >= 11 is 5.33. The van der Waals surface area contributed by atoms with Crippen molar-refractivity contribution in [3.63, 3.8) is 0 Å². The van der Waals surface area contributed by atoms with Gasteiger partial charge in [-0.25, -0.2) is 4.98 Å². The Kier molecular flexibility index (Phi) is 4.29. The number of nitrogens with zero attached hydrogens (tertiary/aromatic N) is 2. The highest BCUT2D eigenvalue weighted by Gasteiger charge is 2.66. The zero-order valence-electron chi connectivity index (χ0n) is 13.8. The molecule has 0 saturated heterocycles. The van der Waals surface area contributed by atoms with Gasteiger partial charge in [0.15, 0.2) is 0 Å². The fourth-order valence-corrected chi connectivity index (χ4v) is 4.06. The van der Waals surface area contributed by atoms with E-state index in [4.69, 9.17) is 21.7 Å². The van der Waals surface area contributed by atoms with Crippen LogP contribution in [0.4, 0.5) is 0 Å². The summed E-state index contributed by atoms with van der Waals surface area (Å²) in [6, 6.07) is 9.77. The topological polar surface area (TPSA) is 53.4 Å². The van der Waals surface area contributed by atoms with Gasteiger partial charge in [-0.05, 0) is 43.5 Å². The van der Waals surface area contributed by atoms with Gasteiger partial charge < -0.3 is 9.47 Å². The SMILES string of the molecule is O=C(OCc1ccccc1)C12CCCC(OC(=S)n3ccnc3)C1C2. The molecule has 2 aliphatic rings. The fraction of sp³-hybridized carbons (Fsp3) is 0.421. The minimum absolute atomic E-state index is 0.0204. The molecule has 1 aromatic heterocycles. The second kappa shape index (κ2) is 6.59. The van der Waals surface area contributed by atoms with Crippen LogP contribution in [-0.2, 0) is 20.9 Å². The Hall–Kier alpha value is -2.21. The molecule has 130 valence electrons. The van der Waals surface area contributed by atoms with Crippen molar-refractivity contribution >= 4 is 23.4 Å². The predicted octanol–water partition coefficient (Wildman–Crippen LogP) is 3.33. The molecular formula is C19H20N2O3S. The molecule has 2 aliphatic carbocycles. The molecule has 1 aromatic carbocycles. The third-order valence-corrected chi connectivity index (χ3v) is 5.59. The standard InChI is InChI=1S/C19H20N2O3S/c22-17(23-12-14-5-2-1-3-6-14)19-8-4-7-16(15(19)11-19)24-18(25)21-10-9-20-13-21/h1-3,5-6,9-10,13,15-16H,4,7-8,11-12H2. The molecule has 2 aromatic rings. The molecule has 0 spiro atoms. The minimum atomic E-state index is -0.373. The average molecular weight is 356 g/mol. The number of thiocarbonyl (C=S) groups is 1. The number of hydrogen-bond acceptors (Lipinski definition) is 5. The molecule has 2 fully saturated rings. The van der Waals surface area contributed by atoms with Gasteiger partial charge in [0.05, 0.1) is 5.41 Å². The molecule has 6 heteroatoms. The number of imidazole rings is 1. The van der Waals surface area contributed by atoms with Gasteiger partial charge in [0.25, 0.3) is 5.17 Å². The van der Waals surface area contributed by atoms with Crippen molar-refractivity contribution in [3.8, 4) is 0 Å². The van der Waals surface area contributed by atoms with Crippen molar-refractivity contribution in [3.05, 3.63) is 54.6 Å². The van der Waals surface area contributed by atoms with Gasteiger partial charge in [-0.2, -0.15) is 0 Å². The maximum Gasteiger partial charge on any atom is 0.312 e. The summed E-state index contributed by atoms with van der Waals surface area (Å²) in [7, 11) is 0. The second-order valence-electron chi connectivity index (χ2n) is 6.81. The number of carbonyl (C=O) groups is 1. The van der Waals surface area contributed by atoms with Gasteiger partial charge >= 0.3 is 5.97 Å². The van der Waals surface area contributed by atoms with Crippen molar-refractivity contribution in [1.29, 1.82) is 0 Å². The van der Waals surface area contributed by atoms with Crippen LogP contribution in [-0.4, -0.2) is 26.8 Å². The van der Waals surface area contributed by atoms with Gasteiger partial charge in [-0.15, -0.1) is 0 Å². The van der Waals surface area contributed by atoms with Crippen LogP contribution in [0.1, 0.15) is 31.2 Å². The van der Waals surface area contributed by atoms with E-state index in [0.29, 0.717) is 11.8 Å². The molecule has 3 atom stereocenters. The lowest BCUT2D eigenvalue weighted by molar-refractivity contribution is -0.154. The Balaban J connectivity index is 1.36. The molecule has 1 heterocycles. The molecule has 0 N–H and O–H groups in total. The number of aromatic nitrogens is 2. The molecule has 0 radical (unpaired) electrons. The van der Waals surface area contributed by atoms with Crippen molar-refractivity contribution in [2.75, 3.05) is 0 Å². The minimum Gasteiger partial charge on any atom is -0.467 e. The van der Waals surface area contributed by atoms with E-state index in [2.05, 4.69) is 4.98 Å². The number of ether oxygens (including phenoxy) is 2. The van der Waals surface area contributed by atoms with Crippen LogP contribution in [0.25, 0.3) is 0 Å². The van der Waals surface area contributed by atoms with Gasteiger partial charge in [0.2, 0.25) is 0 Å². The van der Waals surface area contributed by atoms with Gasteiger partial charge in [-0.3, -0.25) is 9.36 Å². The predicted molar refractivity (Wildman–Crippen MR) is 95.7 cm³/mol. The van der Waals surface area contributed by atoms with E-state index < -0.39 is 0 Å². The average Bonchev–Trinajstić information content (AvgIpc) is 3.16. The second-order valence-corrected chi connectivity index (χ2v) is 7.16. The molecule has 4 rings (SSSR count). The van der Waals surface area contributed by atoms with E-state index in [1.54, 1.807) is 23.3 Å². The van der Waals surface area contributed by atoms with Crippen LogP contribution >= 0.6 is 12.2 Å². The molecule has 0 bridgehead atoms. The summed E-state index contributed by atoms with van der Waals surface area (Å²) < 4.78 is 13.3. The molecule has 2 saturated carbocycles. The number of benzene rings is 1. The first-order chi connectivity index (χ1) is 12.2. The lowest BCUT2D eigenvalue weighted by Gasteiger charge is -2.28. The third-order valence-electron chi connectivity index (χ3n) is 5.28. The number of esters is 1. The summed E-state index contributed by atoms with van der Waals surface area (Å²) in [5.41, 5.74) is 0.636. The molecule has 5 nitrogen and oxygen atoms in total. The van der Waals surface area contributed by atoms with Crippen LogP contribution < -0.4 is 0 Å². The summed E-state index contributed by atoms with van der Waals surface area (Å²) in [5, 5.41) is 0.392. The highest BCUT2D eigenvalue weighted by atomic mass is 32.1. The highest BCUT2D eigenvalue weighted by Crippen LogP contribution is 2.62. The molecule has 3 unspecified atom stereocenters. The van der Waals surface area contributed by atoms with E-state index in [9.17, 15) is 4.79 Å². The van der Waals surface area contributed by atoms with E-state index in [1.807, 2.05) is 30.3 Å². The van der Waals surface area contributed by atoms with Crippen molar-refractivity contribution in [2.45, 2.75) is 38.4 Å². The Morgan fingerprint density at radius 3 is 2.96 bits per heavy atom. The smallest absolute Gasteiger partial charge is 0.312 e. The van der Waals surface area contributed by atoms with Gasteiger partial charge in [0, 0.05) is 18.3 Å². The first-order valence-corrected chi connectivity index (χ1v) is 9.00. The maximum absolute atomic E-state index is 12.7. The van der Waals surface area contributed by atoms with Crippen LogP contribution in [0.15, 0.2) is 49.1 Å². The number of rotatable bonds is 4. The van der Waals surface area contributed by atoms with E-state index >= 15 is 0 Å². The maximum atomic E-state index is 12.7. The number of carbonyl (C=O) groups excluding carboxylic acids is 1. The fourth-order valence-electron chi connectivity index (χ4n) is 3.83. The first kappa shape index (κ1) is 16.3. The quantitative estimate of drug-likeness (QED) is 0.621. The summed E-state index contributed by atoms with van der Waals surface area (Å²) in [4.78, 5) is 16.7. The third kappa shape index (κ3) is 3.18. The normalized spacial score (nSPS) is 27.2. The van der Waals surface area contributed by atoms with Crippen molar-refractivity contribution in [2.24, 2.45) is 11.3 Å². The molecular weight excluding hydrogens is 336 g/mol. The molecule has 25 heavy (non-hydrogen) atoms. The number of hydrogen-bond donors (Lipinski definition) is 0. The van der Waals surface area contributed by atoms with Crippen molar-refractivity contribution < 1.29 is 14.3 Å². The molecule has 0 amide bonds. The van der Waals surface area contributed by atoms with E-state index in [-0.39, 0.29) is 23.4 Å². The first-order valence-electron chi connectivity index (χ1n) is 8.59. The molecule has 0 aliphatic heterocycles. The lowest BCUT2D eigenvalue weighted by Crippen LogP contribution is -2.33. The van der Waals surface area contributed by atoms with Crippen molar-refractivity contribution in [1.82, 2.24) is 9.55 Å². The zero-order chi connectivity index (χ0) is 17.3. The Labute approximate surface area is 152 Å². The van der Waals surface area contributed by atoms with Crippen LogP contribution in [0, 0.1) is 11.3 Å². The summed E-state index contributed by atoms with van der Waals surface area (Å²) in [6.45, 7) is 0.327. The number of fused-ring (bicyclic) bond motifs is 1. The van der Waals surface area contributed by atoms with E-state index in [1.165, 1.54) is 0 Å². The Morgan fingerprint density at radius 2 is 2.20 bits per heavy atom. The van der Waals surface area contributed by atoms with Crippen LogP contribution in [0.3, 0.4) is 0 Å². The van der Waals surface area contributed by atoms with E-state index in [0.717, 1.165) is 31.2 Å². The summed E-state index contributed by atoms with van der Waals surface area (Å²) in [5.74, 6) is 0.106. The summed E-state index contributed by atoms with van der Waals surface area (Å²) in [6.07, 6.45) is 8.62. The van der Waals surface area contributed by atoms with Crippen LogP contribution in [0.5, 0.6) is 0 Å². The monoisotopic (exact) mass is 356 g/mol. The van der Waals surface area contributed by atoms with Crippen LogP contribution in [0.2, 0.25) is 0 Å². The zero-order valence-corrected chi connectivity index (χ0v) is 14.7. The Bertz CT molecular complexity index is 762. The Morgan fingerprint density at radius 1 is 1.36 bits per heavy atom. The van der Waals surface area contributed by atoms with Gasteiger partial charge in [0.1, 0.15) is 19.0 Å². The van der Waals surface area contributed by atoms with Gasteiger partial charge in [-0.1, -0.05) is 30.3 Å². The largest absolute Gasteiger partial charge is 0.467 e. The highest BCUT2D eigenvalue weighted by molar-refractivity contribution is 7.80.